The normalized spacial score (nSPS) is 20.3. The first kappa shape index (κ1) is 18.3. The van der Waals surface area contributed by atoms with Crippen molar-refractivity contribution < 1.29 is 19.1 Å². The van der Waals surface area contributed by atoms with Crippen molar-refractivity contribution in [1.29, 1.82) is 0 Å². The fourth-order valence-electron chi connectivity index (χ4n) is 2.86. The fraction of sp³-hybridized carbons (Fsp3) is 0.556. The molecule has 0 aliphatic carbocycles. The second kappa shape index (κ2) is 7.66. The molecule has 0 bridgehead atoms. The monoisotopic (exact) mass is 334 g/mol. The topological polar surface area (TPSA) is 67.9 Å². The molecule has 24 heavy (non-hydrogen) atoms. The Morgan fingerprint density at radius 2 is 2.04 bits per heavy atom. The molecule has 0 spiro atoms. The lowest BCUT2D eigenvalue weighted by atomic mass is 10.0. The number of hydrogen-bond donors (Lipinski definition) is 1. The predicted molar refractivity (Wildman–Crippen MR) is 90.7 cm³/mol. The number of nitrogens with zero attached hydrogens (tertiary/aromatic N) is 1. The number of morpholine rings is 1. The van der Waals surface area contributed by atoms with Crippen molar-refractivity contribution in [3.8, 4) is 5.75 Å². The third-order valence-corrected chi connectivity index (χ3v) is 4.11. The predicted octanol–water partition coefficient (Wildman–Crippen LogP) is 1.73. The van der Waals surface area contributed by atoms with E-state index in [1.54, 1.807) is 7.11 Å². The van der Waals surface area contributed by atoms with Gasteiger partial charge in [-0.2, -0.15) is 0 Å². The average molecular weight is 334 g/mol. The molecular weight excluding hydrogens is 308 g/mol. The quantitative estimate of drug-likeness (QED) is 0.803. The molecule has 1 unspecified atom stereocenters. The van der Waals surface area contributed by atoms with Crippen LogP contribution in [0.15, 0.2) is 24.3 Å². The fourth-order valence-corrected chi connectivity index (χ4v) is 2.86. The maximum absolute atomic E-state index is 12.2. The van der Waals surface area contributed by atoms with Gasteiger partial charge >= 0.3 is 5.97 Å². The van der Waals surface area contributed by atoms with Crippen LogP contribution in [0, 0.1) is 0 Å². The minimum Gasteiger partial charge on any atom is -0.497 e. The molecule has 1 atom stereocenters. The minimum absolute atomic E-state index is 0.110. The number of ether oxygens (including phenoxy) is 2. The summed E-state index contributed by atoms with van der Waals surface area (Å²) in [5.74, 6) is 0.287. The first-order chi connectivity index (χ1) is 11.3. The standard InChI is InChI=1S/C18H26N2O4/c1-5-20-12-18(2,3)24-17(22)15(20)10-16(21)19-11-13-6-8-14(23-4)9-7-13/h6-9,15H,5,10-12H2,1-4H3,(H,19,21). The van der Waals surface area contributed by atoms with E-state index in [1.165, 1.54) is 0 Å². The van der Waals surface area contributed by atoms with Crippen molar-refractivity contribution in [1.82, 2.24) is 10.2 Å². The summed E-state index contributed by atoms with van der Waals surface area (Å²) < 4.78 is 10.5. The second-order valence-electron chi connectivity index (χ2n) is 6.59. The van der Waals surface area contributed by atoms with Crippen LogP contribution in [-0.2, 0) is 20.9 Å². The molecular formula is C18H26N2O4. The summed E-state index contributed by atoms with van der Waals surface area (Å²) in [4.78, 5) is 26.4. The van der Waals surface area contributed by atoms with Gasteiger partial charge in [-0.15, -0.1) is 0 Å². The number of methoxy groups -OCH3 is 1. The van der Waals surface area contributed by atoms with Gasteiger partial charge in [0.05, 0.1) is 13.5 Å². The van der Waals surface area contributed by atoms with Crippen LogP contribution in [-0.4, -0.2) is 48.6 Å². The lowest BCUT2D eigenvalue weighted by Gasteiger charge is -2.41. The first-order valence-electron chi connectivity index (χ1n) is 8.21. The van der Waals surface area contributed by atoms with E-state index in [9.17, 15) is 9.59 Å². The van der Waals surface area contributed by atoms with Gasteiger partial charge in [-0.3, -0.25) is 14.5 Å². The van der Waals surface area contributed by atoms with E-state index in [0.29, 0.717) is 19.6 Å². The smallest absolute Gasteiger partial charge is 0.324 e. The largest absolute Gasteiger partial charge is 0.497 e. The summed E-state index contributed by atoms with van der Waals surface area (Å²) in [6.07, 6.45) is 0.110. The molecule has 6 heteroatoms. The van der Waals surface area contributed by atoms with Crippen LogP contribution in [0.5, 0.6) is 5.75 Å². The van der Waals surface area contributed by atoms with Gasteiger partial charge in [-0.25, -0.2) is 0 Å². The molecule has 1 fully saturated rings. The van der Waals surface area contributed by atoms with E-state index in [0.717, 1.165) is 11.3 Å². The lowest BCUT2D eigenvalue weighted by Crippen LogP contribution is -2.57. The van der Waals surface area contributed by atoms with Gasteiger partial charge in [0.2, 0.25) is 5.91 Å². The Kier molecular flexibility index (Phi) is 5.83. The van der Waals surface area contributed by atoms with E-state index in [1.807, 2.05) is 49.9 Å². The molecule has 1 aromatic carbocycles. The number of hydrogen-bond acceptors (Lipinski definition) is 5. The number of esters is 1. The molecule has 0 saturated carbocycles. The SMILES string of the molecule is CCN1CC(C)(C)OC(=O)C1CC(=O)NCc1ccc(OC)cc1. The average Bonchev–Trinajstić information content (AvgIpc) is 2.55. The van der Waals surface area contributed by atoms with Crippen molar-refractivity contribution >= 4 is 11.9 Å². The molecule has 0 radical (unpaired) electrons. The highest BCUT2D eigenvalue weighted by Gasteiger charge is 2.40. The Labute approximate surface area is 143 Å². The van der Waals surface area contributed by atoms with E-state index in [-0.39, 0.29) is 18.3 Å². The van der Waals surface area contributed by atoms with E-state index in [2.05, 4.69) is 5.32 Å². The Balaban J connectivity index is 1.89. The van der Waals surface area contributed by atoms with Gasteiger partial charge in [0.15, 0.2) is 0 Å². The Morgan fingerprint density at radius 1 is 1.38 bits per heavy atom. The summed E-state index contributed by atoms with van der Waals surface area (Å²) in [7, 11) is 1.61. The van der Waals surface area contributed by atoms with E-state index < -0.39 is 11.6 Å². The number of carbonyl (C=O) groups excluding carboxylic acids is 2. The number of nitrogens with one attached hydrogen (secondary N) is 1. The molecule has 6 nitrogen and oxygen atoms in total. The second-order valence-corrected chi connectivity index (χ2v) is 6.59. The molecule has 2 rings (SSSR count). The maximum atomic E-state index is 12.2. The van der Waals surface area contributed by atoms with Gasteiger partial charge in [-0.1, -0.05) is 19.1 Å². The van der Waals surface area contributed by atoms with E-state index in [4.69, 9.17) is 9.47 Å². The summed E-state index contributed by atoms with van der Waals surface area (Å²) in [5.41, 5.74) is 0.465. The summed E-state index contributed by atoms with van der Waals surface area (Å²) >= 11 is 0. The third kappa shape index (κ3) is 4.71. The zero-order chi connectivity index (χ0) is 17.7. The van der Waals surface area contributed by atoms with Crippen molar-refractivity contribution in [2.24, 2.45) is 0 Å². The van der Waals surface area contributed by atoms with Crippen molar-refractivity contribution in [3.05, 3.63) is 29.8 Å². The Bertz CT molecular complexity index is 583. The van der Waals surface area contributed by atoms with Crippen LogP contribution in [0.25, 0.3) is 0 Å². The van der Waals surface area contributed by atoms with Crippen molar-refractivity contribution in [3.63, 3.8) is 0 Å². The van der Waals surface area contributed by atoms with Crippen LogP contribution in [0.3, 0.4) is 0 Å². The molecule has 1 amide bonds. The maximum Gasteiger partial charge on any atom is 0.324 e. The number of rotatable bonds is 6. The Hall–Kier alpha value is -2.08. The van der Waals surface area contributed by atoms with E-state index >= 15 is 0 Å². The lowest BCUT2D eigenvalue weighted by molar-refractivity contribution is -0.178. The van der Waals surface area contributed by atoms with Crippen molar-refractivity contribution in [2.45, 2.75) is 45.4 Å². The van der Waals surface area contributed by atoms with Gasteiger partial charge in [0.25, 0.3) is 0 Å². The van der Waals surface area contributed by atoms with Gasteiger partial charge in [0, 0.05) is 13.1 Å². The summed E-state index contributed by atoms with van der Waals surface area (Å²) in [6, 6.07) is 6.98. The minimum atomic E-state index is -0.515. The van der Waals surface area contributed by atoms with Gasteiger partial charge in [0.1, 0.15) is 17.4 Å². The molecule has 1 heterocycles. The van der Waals surface area contributed by atoms with Gasteiger partial charge < -0.3 is 14.8 Å². The van der Waals surface area contributed by atoms with Crippen LogP contribution >= 0.6 is 0 Å². The zero-order valence-electron chi connectivity index (χ0n) is 14.8. The highest BCUT2D eigenvalue weighted by Crippen LogP contribution is 2.23. The highest BCUT2D eigenvalue weighted by atomic mass is 16.6. The number of amides is 1. The molecule has 1 saturated heterocycles. The summed E-state index contributed by atoms with van der Waals surface area (Å²) in [6.45, 7) is 7.50. The summed E-state index contributed by atoms with van der Waals surface area (Å²) in [5, 5.41) is 2.86. The number of cyclic esters (lactones) is 1. The first-order valence-corrected chi connectivity index (χ1v) is 8.21. The molecule has 1 aliphatic heterocycles. The number of benzene rings is 1. The molecule has 132 valence electrons. The number of likely N-dealkylation sites (N-methyl/N-ethyl adjacent to an activating group) is 1. The van der Waals surface area contributed by atoms with Crippen molar-refractivity contribution in [2.75, 3.05) is 20.2 Å². The Morgan fingerprint density at radius 3 is 2.62 bits per heavy atom. The molecule has 0 aromatic heterocycles. The zero-order valence-corrected chi connectivity index (χ0v) is 14.8. The molecule has 1 aliphatic rings. The van der Waals surface area contributed by atoms with Gasteiger partial charge in [-0.05, 0) is 38.1 Å². The highest BCUT2D eigenvalue weighted by molar-refractivity contribution is 5.85. The molecule has 1 aromatic rings. The molecule has 1 N–H and O–H groups in total. The van der Waals surface area contributed by atoms with Crippen LogP contribution in [0.1, 0.15) is 32.8 Å². The number of carbonyl (C=O) groups is 2. The van der Waals surface area contributed by atoms with Crippen LogP contribution < -0.4 is 10.1 Å². The van der Waals surface area contributed by atoms with Crippen LogP contribution in [0.4, 0.5) is 0 Å². The van der Waals surface area contributed by atoms with Crippen LogP contribution in [0.2, 0.25) is 0 Å². The third-order valence-electron chi connectivity index (χ3n) is 4.11.